The van der Waals surface area contributed by atoms with Crippen molar-refractivity contribution in [3.8, 4) is 0 Å². The van der Waals surface area contributed by atoms with Gasteiger partial charge in [-0.1, -0.05) is 0 Å². The number of nitrogens with one attached hydrogen (secondary N) is 1. The first-order valence-electron chi connectivity index (χ1n) is 5.92. The molecule has 1 N–H and O–H groups in total. The summed E-state index contributed by atoms with van der Waals surface area (Å²) in [6.07, 6.45) is 1.38. The van der Waals surface area contributed by atoms with Crippen LogP contribution >= 0.6 is 11.5 Å². The Hall–Kier alpha value is -1.87. The number of nitrogens with zero attached hydrogens (tertiary/aromatic N) is 2. The van der Waals surface area contributed by atoms with Gasteiger partial charge in [0.1, 0.15) is 11.6 Å². The minimum atomic E-state index is -3.35. The number of aromatic nitrogens is 2. The number of hydrogen-bond acceptors (Lipinski definition) is 6. The standard InChI is InChI=1S/C12H12FN3O3S2/c1-21(18,19)12-15-10(16-20-12)6-7-14-11(17)8-2-4-9(13)5-3-8/h2-5H,6-7H2,1H3,(H,14,17). The molecule has 0 radical (unpaired) electrons. The number of carbonyl (C=O) groups is 1. The van der Waals surface area contributed by atoms with E-state index < -0.39 is 15.7 Å². The van der Waals surface area contributed by atoms with Crippen LogP contribution in [0.5, 0.6) is 0 Å². The van der Waals surface area contributed by atoms with E-state index in [-0.39, 0.29) is 16.8 Å². The summed E-state index contributed by atoms with van der Waals surface area (Å²) in [7, 11) is -3.35. The molecule has 1 aromatic heterocycles. The van der Waals surface area contributed by atoms with E-state index in [2.05, 4.69) is 14.7 Å². The maximum absolute atomic E-state index is 12.7. The summed E-state index contributed by atoms with van der Waals surface area (Å²) in [6, 6.07) is 5.17. The van der Waals surface area contributed by atoms with Crippen LogP contribution in [-0.2, 0) is 16.3 Å². The molecule has 21 heavy (non-hydrogen) atoms. The molecule has 2 rings (SSSR count). The monoisotopic (exact) mass is 329 g/mol. The topological polar surface area (TPSA) is 89.0 Å². The van der Waals surface area contributed by atoms with Gasteiger partial charge in [0.05, 0.1) is 0 Å². The first-order valence-corrected chi connectivity index (χ1v) is 8.59. The van der Waals surface area contributed by atoms with Gasteiger partial charge in [0.25, 0.3) is 5.91 Å². The van der Waals surface area contributed by atoms with Gasteiger partial charge in [-0.3, -0.25) is 4.79 Å². The highest BCUT2D eigenvalue weighted by atomic mass is 32.2. The summed E-state index contributed by atoms with van der Waals surface area (Å²) in [5.41, 5.74) is 0.347. The van der Waals surface area contributed by atoms with Crippen molar-refractivity contribution in [2.24, 2.45) is 0 Å². The lowest BCUT2D eigenvalue weighted by molar-refractivity contribution is 0.0954. The zero-order valence-electron chi connectivity index (χ0n) is 11.0. The molecule has 0 aliphatic rings. The molecule has 0 atom stereocenters. The maximum Gasteiger partial charge on any atom is 0.251 e. The second-order valence-corrected chi connectivity index (χ2v) is 7.20. The molecule has 0 aliphatic heterocycles. The molecule has 2 aromatic rings. The van der Waals surface area contributed by atoms with Crippen molar-refractivity contribution in [3.05, 3.63) is 41.5 Å². The predicted molar refractivity (Wildman–Crippen MR) is 75.5 cm³/mol. The van der Waals surface area contributed by atoms with Crippen molar-refractivity contribution in [2.75, 3.05) is 12.8 Å². The van der Waals surface area contributed by atoms with Gasteiger partial charge in [-0.15, -0.1) is 0 Å². The average Bonchev–Trinajstić information content (AvgIpc) is 2.88. The highest BCUT2D eigenvalue weighted by Crippen LogP contribution is 2.11. The zero-order chi connectivity index (χ0) is 15.5. The Morgan fingerprint density at radius 2 is 2.00 bits per heavy atom. The van der Waals surface area contributed by atoms with Gasteiger partial charge in [-0.2, -0.15) is 4.37 Å². The van der Waals surface area contributed by atoms with Gasteiger partial charge >= 0.3 is 0 Å². The quantitative estimate of drug-likeness (QED) is 0.886. The third-order valence-corrected chi connectivity index (χ3v) is 4.91. The molecule has 0 unspecified atom stereocenters. The predicted octanol–water partition coefficient (Wildman–Crippen LogP) is 1.05. The van der Waals surface area contributed by atoms with Gasteiger partial charge in [-0.05, 0) is 35.8 Å². The molecule has 0 spiro atoms. The number of benzene rings is 1. The second-order valence-electron chi connectivity index (χ2n) is 4.26. The number of halogens is 1. The summed E-state index contributed by atoms with van der Waals surface area (Å²) in [4.78, 5) is 15.6. The van der Waals surface area contributed by atoms with Crippen molar-refractivity contribution in [1.29, 1.82) is 0 Å². The van der Waals surface area contributed by atoms with Crippen LogP contribution in [0.1, 0.15) is 16.2 Å². The van der Waals surface area contributed by atoms with Crippen LogP contribution in [0, 0.1) is 5.82 Å². The van der Waals surface area contributed by atoms with Crippen molar-refractivity contribution in [2.45, 2.75) is 10.8 Å². The Morgan fingerprint density at radius 3 is 2.57 bits per heavy atom. The fraction of sp³-hybridized carbons (Fsp3) is 0.250. The van der Waals surface area contributed by atoms with Crippen LogP contribution in [0.4, 0.5) is 4.39 Å². The Morgan fingerprint density at radius 1 is 1.33 bits per heavy atom. The van der Waals surface area contributed by atoms with Crippen LogP contribution in [-0.4, -0.2) is 36.5 Å². The molecule has 0 fully saturated rings. The molecule has 6 nitrogen and oxygen atoms in total. The van der Waals surface area contributed by atoms with Crippen LogP contribution in [0.15, 0.2) is 28.6 Å². The molecule has 9 heteroatoms. The summed E-state index contributed by atoms with van der Waals surface area (Å²) in [6.45, 7) is 0.260. The Bertz CT molecular complexity index is 741. The number of sulfone groups is 1. The van der Waals surface area contributed by atoms with E-state index in [0.717, 1.165) is 17.8 Å². The lowest BCUT2D eigenvalue weighted by Crippen LogP contribution is -2.25. The molecular formula is C12H12FN3O3S2. The number of carbonyl (C=O) groups excluding carboxylic acids is 1. The van der Waals surface area contributed by atoms with Gasteiger partial charge in [0.2, 0.25) is 14.2 Å². The van der Waals surface area contributed by atoms with Crippen molar-refractivity contribution >= 4 is 27.3 Å². The lowest BCUT2D eigenvalue weighted by Gasteiger charge is -2.03. The molecular weight excluding hydrogens is 317 g/mol. The molecule has 0 saturated carbocycles. The third-order valence-electron chi connectivity index (χ3n) is 2.51. The number of rotatable bonds is 5. The molecule has 1 amide bonds. The molecule has 1 heterocycles. The fourth-order valence-corrected chi connectivity index (χ4v) is 2.87. The van der Waals surface area contributed by atoms with Crippen LogP contribution in [0.3, 0.4) is 0 Å². The molecule has 1 aromatic carbocycles. The van der Waals surface area contributed by atoms with Crippen LogP contribution < -0.4 is 5.32 Å². The third kappa shape index (κ3) is 4.30. The van der Waals surface area contributed by atoms with Crippen molar-refractivity contribution in [1.82, 2.24) is 14.7 Å². The minimum Gasteiger partial charge on any atom is -0.352 e. The van der Waals surface area contributed by atoms with Gasteiger partial charge in [0.15, 0.2) is 0 Å². The first-order chi connectivity index (χ1) is 9.86. The van der Waals surface area contributed by atoms with Gasteiger partial charge in [0, 0.05) is 24.8 Å². The molecule has 0 saturated heterocycles. The summed E-state index contributed by atoms with van der Waals surface area (Å²) >= 11 is 0.810. The first kappa shape index (κ1) is 15.5. The van der Waals surface area contributed by atoms with Crippen molar-refractivity contribution < 1.29 is 17.6 Å². The van der Waals surface area contributed by atoms with E-state index in [0.29, 0.717) is 17.8 Å². The van der Waals surface area contributed by atoms with E-state index in [1.807, 2.05) is 0 Å². The van der Waals surface area contributed by atoms with E-state index in [4.69, 9.17) is 0 Å². The van der Waals surface area contributed by atoms with Crippen LogP contribution in [0.25, 0.3) is 0 Å². The minimum absolute atomic E-state index is 0.0395. The average molecular weight is 329 g/mol. The highest BCUT2D eigenvalue weighted by molar-refractivity contribution is 7.92. The van der Waals surface area contributed by atoms with Crippen LogP contribution in [0.2, 0.25) is 0 Å². The van der Waals surface area contributed by atoms with E-state index in [9.17, 15) is 17.6 Å². The SMILES string of the molecule is CS(=O)(=O)c1nc(CCNC(=O)c2ccc(F)cc2)ns1. The normalized spacial score (nSPS) is 11.3. The Balaban J connectivity index is 1.88. The van der Waals surface area contributed by atoms with Gasteiger partial charge in [-0.25, -0.2) is 17.8 Å². The summed E-state index contributed by atoms with van der Waals surface area (Å²) in [5, 5.41) is 2.63. The molecule has 112 valence electrons. The summed E-state index contributed by atoms with van der Waals surface area (Å²) < 4.78 is 39.1. The van der Waals surface area contributed by atoms with Crippen molar-refractivity contribution in [3.63, 3.8) is 0 Å². The number of amides is 1. The fourth-order valence-electron chi connectivity index (χ4n) is 1.48. The number of hydrogen-bond donors (Lipinski definition) is 1. The Kier molecular flexibility index (Phi) is 4.63. The summed E-state index contributed by atoms with van der Waals surface area (Å²) in [5.74, 6) is -0.389. The lowest BCUT2D eigenvalue weighted by atomic mass is 10.2. The largest absolute Gasteiger partial charge is 0.352 e. The van der Waals surface area contributed by atoms with Gasteiger partial charge < -0.3 is 5.32 Å². The highest BCUT2D eigenvalue weighted by Gasteiger charge is 2.14. The van der Waals surface area contributed by atoms with E-state index in [1.165, 1.54) is 24.3 Å². The van der Waals surface area contributed by atoms with E-state index >= 15 is 0 Å². The smallest absolute Gasteiger partial charge is 0.251 e. The molecule has 0 bridgehead atoms. The Labute approximate surface area is 125 Å². The van der Waals surface area contributed by atoms with E-state index in [1.54, 1.807) is 0 Å². The molecule has 0 aliphatic carbocycles. The maximum atomic E-state index is 12.7. The zero-order valence-corrected chi connectivity index (χ0v) is 12.7. The second kappa shape index (κ2) is 6.27.